The van der Waals surface area contributed by atoms with Gasteiger partial charge in [-0.1, -0.05) is 72.8 Å². The van der Waals surface area contributed by atoms with Gasteiger partial charge >= 0.3 is 0 Å². The number of nitriles is 3. The maximum absolute atomic E-state index is 10.8. The molecule has 2 heterocycles. The minimum absolute atomic E-state index is 0.420. The highest BCUT2D eigenvalue weighted by Crippen LogP contribution is 2.46. The largest absolute Gasteiger partial charge is 0.192 e. The second-order valence-corrected chi connectivity index (χ2v) is 12.8. The van der Waals surface area contributed by atoms with Crippen molar-refractivity contribution >= 4 is 63.0 Å². The van der Waals surface area contributed by atoms with E-state index in [4.69, 9.17) is 0 Å². The lowest BCUT2D eigenvalue weighted by Gasteiger charge is -2.18. The Hall–Kier alpha value is -5.77. The third-order valence-corrected chi connectivity index (χ3v) is 10.5. The van der Waals surface area contributed by atoms with Crippen molar-refractivity contribution in [3.63, 3.8) is 0 Å². The van der Waals surface area contributed by atoms with E-state index >= 15 is 0 Å². The van der Waals surface area contributed by atoms with Crippen molar-refractivity contribution in [2.45, 2.75) is 0 Å². The zero-order valence-corrected chi connectivity index (χ0v) is 24.8. The predicted octanol–water partition coefficient (Wildman–Crippen LogP) is 11.0. The minimum Gasteiger partial charge on any atom is -0.192 e. The smallest absolute Gasteiger partial charge is 0.100 e. The molecule has 0 saturated carbocycles. The van der Waals surface area contributed by atoms with E-state index < -0.39 is 0 Å². The first-order valence-electron chi connectivity index (χ1n) is 14.0. The number of nitrogens with zero attached hydrogens (tertiary/aromatic N) is 3. The van der Waals surface area contributed by atoms with Crippen LogP contribution >= 0.6 is 22.7 Å². The molecule has 0 N–H and O–H groups in total. The predicted molar refractivity (Wildman–Crippen MR) is 183 cm³/mol. The molecule has 8 rings (SSSR count). The second kappa shape index (κ2) is 10.2. The zero-order valence-electron chi connectivity index (χ0n) is 23.1. The van der Waals surface area contributed by atoms with Gasteiger partial charge in [0, 0.05) is 57.0 Å². The third-order valence-electron chi connectivity index (χ3n) is 8.21. The van der Waals surface area contributed by atoms with E-state index in [0.717, 1.165) is 42.4 Å². The van der Waals surface area contributed by atoms with Crippen LogP contribution in [0.2, 0.25) is 0 Å². The van der Waals surface area contributed by atoms with Gasteiger partial charge in [-0.25, -0.2) is 0 Å². The van der Waals surface area contributed by atoms with Gasteiger partial charge in [0.2, 0.25) is 0 Å². The van der Waals surface area contributed by atoms with E-state index in [1.807, 2.05) is 30.3 Å². The van der Waals surface area contributed by atoms with Crippen molar-refractivity contribution in [1.29, 1.82) is 15.8 Å². The molecule has 0 fully saturated rings. The van der Waals surface area contributed by atoms with Crippen LogP contribution in [0.15, 0.2) is 115 Å². The van der Waals surface area contributed by atoms with E-state index in [-0.39, 0.29) is 0 Å². The quantitative estimate of drug-likeness (QED) is 0.205. The summed E-state index contributed by atoms with van der Waals surface area (Å²) in [6.07, 6.45) is 0. The molecule has 0 aliphatic rings. The van der Waals surface area contributed by atoms with Gasteiger partial charge in [0.1, 0.15) is 12.1 Å². The van der Waals surface area contributed by atoms with Crippen molar-refractivity contribution < 1.29 is 0 Å². The van der Waals surface area contributed by atoms with Crippen LogP contribution in [0.5, 0.6) is 0 Å². The standard InChI is InChI=1S/C39H19N3S2/c40-20-23-7-5-8-25(17-23)38-32(21-41)30(24-15-16-27-26-9-1-3-12-34(26)44-37(27)18-24)19-31(33(38)22-42)28-11-6-14-36-39(28)29-10-2-4-13-35(29)43-36/h1-19H. The average Bonchev–Trinajstić information content (AvgIpc) is 3.65. The first-order valence-corrected chi connectivity index (χ1v) is 15.7. The highest BCUT2D eigenvalue weighted by Gasteiger charge is 2.24. The first kappa shape index (κ1) is 25.9. The lowest BCUT2D eigenvalue weighted by molar-refractivity contribution is 1.43. The Labute approximate surface area is 261 Å². The molecular formula is C39H19N3S2. The summed E-state index contributed by atoms with van der Waals surface area (Å²) in [7, 11) is 0. The number of thiophene rings is 2. The minimum atomic E-state index is 0.420. The fourth-order valence-electron chi connectivity index (χ4n) is 6.28. The van der Waals surface area contributed by atoms with E-state index in [9.17, 15) is 15.8 Å². The van der Waals surface area contributed by atoms with Crippen LogP contribution in [0.4, 0.5) is 0 Å². The maximum Gasteiger partial charge on any atom is 0.100 e. The molecule has 0 aliphatic carbocycles. The number of benzene rings is 6. The van der Waals surface area contributed by atoms with Gasteiger partial charge in [-0.3, -0.25) is 0 Å². The van der Waals surface area contributed by atoms with Crippen LogP contribution in [-0.2, 0) is 0 Å². The monoisotopic (exact) mass is 593 g/mol. The van der Waals surface area contributed by atoms with Gasteiger partial charge < -0.3 is 0 Å². The summed E-state index contributed by atoms with van der Waals surface area (Å²) < 4.78 is 4.67. The molecule has 0 atom stereocenters. The van der Waals surface area contributed by atoms with Crippen molar-refractivity contribution in [2.24, 2.45) is 0 Å². The molecule has 0 spiro atoms. The molecule has 44 heavy (non-hydrogen) atoms. The molecule has 202 valence electrons. The van der Waals surface area contributed by atoms with E-state index in [2.05, 4.69) is 84.9 Å². The highest BCUT2D eigenvalue weighted by atomic mass is 32.1. The summed E-state index contributed by atoms with van der Waals surface area (Å²) in [5, 5.41) is 35.8. The van der Waals surface area contributed by atoms with Gasteiger partial charge in [-0.05, 0) is 59.2 Å². The third kappa shape index (κ3) is 3.91. The SMILES string of the molecule is N#Cc1cccc(-c2c(C#N)c(-c3ccc4c(c3)sc3ccccc34)cc(-c3cccc4sc5ccccc5c34)c2C#N)c1. The Bertz CT molecular complexity index is 2600. The average molecular weight is 594 g/mol. The molecule has 0 unspecified atom stereocenters. The van der Waals surface area contributed by atoms with Gasteiger partial charge in [0.05, 0.1) is 22.8 Å². The summed E-state index contributed by atoms with van der Waals surface area (Å²) in [4.78, 5) is 0. The highest BCUT2D eigenvalue weighted by molar-refractivity contribution is 7.26. The molecular weight excluding hydrogens is 575 g/mol. The van der Waals surface area contributed by atoms with Gasteiger partial charge in [-0.15, -0.1) is 22.7 Å². The number of fused-ring (bicyclic) bond motifs is 6. The summed E-state index contributed by atoms with van der Waals surface area (Å²) in [6.45, 7) is 0. The van der Waals surface area contributed by atoms with E-state index in [1.165, 1.54) is 20.2 Å². The molecule has 2 aromatic heterocycles. The fraction of sp³-hybridized carbons (Fsp3) is 0. The van der Waals surface area contributed by atoms with Crippen LogP contribution in [0, 0.1) is 34.0 Å². The lowest BCUT2D eigenvalue weighted by atomic mass is 9.83. The van der Waals surface area contributed by atoms with Crippen LogP contribution in [0.1, 0.15) is 16.7 Å². The zero-order chi connectivity index (χ0) is 29.8. The molecule has 6 aromatic carbocycles. The van der Waals surface area contributed by atoms with Crippen molar-refractivity contribution in [3.05, 3.63) is 132 Å². The van der Waals surface area contributed by atoms with Gasteiger partial charge in [0.25, 0.3) is 0 Å². The van der Waals surface area contributed by atoms with Crippen molar-refractivity contribution in [2.75, 3.05) is 0 Å². The Balaban J connectivity index is 1.51. The second-order valence-electron chi connectivity index (χ2n) is 10.6. The Kier molecular flexibility index (Phi) is 6.00. The lowest BCUT2D eigenvalue weighted by Crippen LogP contribution is -1.98. The summed E-state index contributed by atoms with van der Waals surface area (Å²) in [6, 6.07) is 45.6. The van der Waals surface area contributed by atoms with Gasteiger partial charge in [-0.2, -0.15) is 15.8 Å². The van der Waals surface area contributed by atoms with Crippen LogP contribution < -0.4 is 0 Å². The Morgan fingerprint density at radius 3 is 1.89 bits per heavy atom. The van der Waals surface area contributed by atoms with Crippen LogP contribution in [0.25, 0.3) is 73.7 Å². The van der Waals surface area contributed by atoms with E-state index in [1.54, 1.807) is 40.9 Å². The van der Waals surface area contributed by atoms with Crippen molar-refractivity contribution in [1.82, 2.24) is 0 Å². The summed E-state index contributed by atoms with van der Waals surface area (Å²) >= 11 is 3.46. The molecule has 8 aromatic rings. The molecule has 5 heteroatoms. The molecule has 3 nitrogen and oxygen atoms in total. The van der Waals surface area contributed by atoms with Crippen molar-refractivity contribution in [3.8, 4) is 51.6 Å². The number of hydrogen-bond acceptors (Lipinski definition) is 5. The normalized spacial score (nSPS) is 11.1. The number of rotatable bonds is 3. The molecule has 0 amide bonds. The summed E-state index contributed by atoms with van der Waals surface area (Å²) in [5.74, 6) is 0. The molecule has 0 radical (unpaired) electrons. The molecule has 0 saturated heterocycles. The first-order chi connectivity index (χ1) is 21.7. The number of hydrogen-bond donors (Lipinski definition) is 0. The Morgan fingerprint density at radius 2 is 1.09 bits per heavy atom. The molecule has 0 aliphatic heterocycles. The molecule has 0 bridgehead atoms. The Morgan fingerprint density at radius 1 is 0.432 bits per heavy atom. The fourth-order valence-corrected chi connectivity index (χ4v) is 8.56. The van der Waals surface area contributed by atoms with Gasteiger partial charge in [0.15, 0.2) is 0 Å². The topological polar surface area (TPSA) is 71.4 Å². The van der Waals surface area contributed by atoms with Crippen LogP contribution in [-0.4, -0.2) is 0 Å². The van der Waals surface area contributed by atoms with E-state index in [0.29, 0.717) is 27.8 Å². The van der Waals surface area contributed by atoms with Crippen LogP contribution in [0.3, 0.4) is 0 Å². The summed E-state index contributed by atoms with van der Waals surface area (Å²) in [5.41, 5.74) is 5.92. The maximum atomic E-state index is 10.8.